The Labute approximate surface area is 145 Å². The maximum absolute atomic E-state index is 11.6. The third-order valence-corrected chi connectivity index (χ3v) is 3.60. The van der Waals surface area contributed by atoms with Gasteiger partial charge in [0.2, 0.25) is 0 Å². The lowest BCUT2D eigenvalue weighted by Gasteiger charge is -2.07. The average Bonchev–Trinajstić information content (AvgIpc) is 2.62. The summed E-state index contributed by atoms with van der Waals surface area (Å²) in [4.78, 5) is 11.6. The number of anilines is 1. The molecule has 3 aromatic rings. The monoisotopic (exact) mass is 331 g/mol. The van der Waals surface area contributed by atoms with Gasteiger partial charge in [-0.25, -0.2) is 4.79 Å². The van der Waals surface area contributed by atoms with Crippen LogP contribution in [0.3, 0.4) is 0 Å². The lowest BCUT2D eigenvalue weighted by molar-refractivity contribution is -0.130. The molecule has 3 rings (SSSR count). The zero-order chi connectivity index (χ0) is 17.6. The van der Waals surface area contributed by atoms with Crippen molar-refractivity contribution in [2.45, 2.75) is 0 Å². The maximum Gasteiger partial charge on any atom is 0.336 e. The van der Waals surface area contributed by atoms with Crippen LogP contribution in [0.5, 0.6) is 11.5 Å². The van der Waals surface area contributed by atoms with Gasteiger partial charge in [-0.15, -0.1) is 0 Å². The number of carboxylic acids is 1. The minimum atomic E-state index is -1.00. The van der Waals surface area contributed by atoms with Crippen molar-refractivity contribution in [1.82, 2.24) is 0 Å². The van der Waals surface area contributed by atoms with Crippen LogP contribution in [0.2, 0.25) is 0 Å². The second-order valence-electron chi connectivity index (χ2n) is 5.47. The predicted octanol–water partition coefficient (Wildman–Crippen LogP) is 4.69. The number of para-hydroxylation sites is 1. The third kappa shape index (κ3) is 4.26. The molecule has 0 saturated carbocycles. The van der Waals surface area contributed by atoms with E-state index >= 15 is 0 Å². The van der Waals surface area contributed by atoms with Crippen LogP contribution >= 0.6 is 0 Å². The van der Waals surface area contributed by atoms with Crippen molar-refractivity contribution in [3.63, 3.8) is 0 Å². The van der Waals surface area contributed by atoms with E-state index < -0.39 is 5.97 Å². The van der Waals surface area contributed by atoms with E-state index in [9.17, 15) is 9.90 Å². The number of nitrogen functional groups attached to an aromatic ring is 1. The predicted molar refractivity (Wildman–Crippen MR) is 99.3 cm³/mol. The van der Waals surface area contributed by atoms with Gasteiger partial charge in [-0.2, -0.15) is 0 Å². The zero-order valence-corrected chi connectivity index (χ0v) is 13.4. The van der Waals surface area contributed by atoms with Crippen LogP contribution in [0.4, 0.5) is 5.69 Å². The summed E-state index contributed by atoms with van der Waals surface area (Å²) >= 11 is 0. The van der Waals surface area contributed by atoms with E-state index in [1.165, 1.54) is 0 Å². The first kappa shape index (κ1) is 16.3. The van der Waals surface area contributed by atoms with Gasteiger partial charge >= 0.3 is 5.97 Å². The number of aliphatic carboxylic acids is 1. The lowest BCUT2D eigenvalue weighted by Crippen LogP contribution is -2.00. The van der Waals surface area contributed by atoms with E-state index in [0.717, 1.165) is 11.3 Å². The Hall–Kier alpha value is -3.53. The first-order valence-electron chi connectivity index (χ1n) is 7.76. The van der Waals surface area contributed by atoms with Crippen molar-refractivity contribution < 1.29 is 14.6 Å². The average molecular weight is 331 g/mol. The molecule has 0 fully saturated rings. The molecule has 0 aliphatic heterocycles. The lowest BCUT2D eigenvalue weighted by atomic mass is 10.0. The Morgan fingerprint density at radius 1 is 0.880 bits per heavy atom. The number of carboxylic acid groups (broad SMARTS) is 1. The largest absolute Gasteiger partial charge is 0.478 e. The molecule has 124 valence electrons. The van der Waals surface area contributed by atoms with E-state index in [2.05, 4.69) is 0 Å². The van der Waals surface area contributed by atoms with Crippen molar-refractivity contribution in [2.24, 2.45) is 0 Å². The second-order valence-corrected chi connectivity index (χ2v) is 5.47. The molecule has 0 bridgehead atoms. The molecule has 0 spiro atoms. The number of hydrogen-bond donors (Lipinski definition) is 2. The number of carbonyl (C=O) groups is 1. The van der Waals surface area contributed by atoms with Crippen molar-refractivity contribution in [2.75, 3.05) is 5.73 Å². The summed E-state index contributed by atoms with van der Waals surface area (Å²) in [5.74, 6) is 0.363. The maximum atomic E-state index is 11.6. The SMILES string of the molecule is Nc1ccc(/C(=C/c2cccc(Oc3ccccc3)c2)C(=O)O)cc1. The molecular weight excluding hydrogens is 314 g/mol. The molecule has 0 amide bonds. The smallest absolute Gasteiger partial charge is 0.336 e. The van der Waals surface area contributed by atoms with Crippen LogP contribution in [0.1, 0.15) is 11.1 Å². The van der Waals surface area contributed by atoms with Gasteiger partial charge in [0.25, 0.3) is 0 Å². The molecule has 0 unspecified atom stereocenters. The van der Waals surface area contributed by atoms with E-state index in [4.69, 9.17) is 10.5 Å². The molecule has 3 N–H and O–H groups in total. The highest BCUT2D eigenvalue weighted by molar-refractivity contribution is 6.20. The number of benzene rings is 3. The van der Waals surface area contributed by atoms with Crippen molar-refractivity contribution in [3.05, 3.63) is 90.0 Å². The van der Waals surface area contributed by atoms with E-state index in [1.54, 1.807) is 36.4 Å². The molecule has 0 aromatic heterocycles. The van der Waals surface area contributed by atoms with Gasteiger partial charge < -0.3 is 15.6 Å². The Morgan fingerprint density at radius 3 is 2.24 bits per heavy atom. The van der Waals surface area contributed by atoms with Gasteiger partial charge in [0.15, 0.2) is 0 Å². The molecule has 4 nitrogen and oxygen atoms in total. The first-order valence-corrected chi connectivity index (χ1v) is 7.76. The summed E-state index contributed by atoms with van der Waals surface area (Å²) in [6.07, 6.45) is 1.62. The third-order valence-electron chi connectivity index (χ3n) is 3.60. The summed E-state index contributed by atoms with van der Waals surface area (Å²) in [6.45, 7) is 0. The van der Waals surface area contributed by atoms with Crippen LogP contribution in [-0.2, 0) is 4.79 Å². The molecule has 0 radical (unpaired) electrons. The summed E-state index contributed by atoms with van der Waals surface area (Å²) < 4.78 is 5.79. The van der Waals surface area contributed by atoms with Crippen molar-refractivity contribution in [3.8, 4) is 11.5 Å². The topological polar surface area (TPSA) is 72.5 Å². The fourth-order valence-electron chi connectivity index (χ4n) is 2.39. The molecule has 4 heteroatoms. The summed E-state index contributed by atoms with van der Waals surface area (Å²) in [7, 11) is 0. The van der Waals surface area contributed by atoms with Gasteiger partial charge in [-0.3, -0.25) is 0 Å². The van der Waals surface area contributed by atoms with Gasteiger partial charge in [0.1, 0.15) is 11.5 Å². The van der Waals surface area contributed by atoms with Crippen molar-refractivity contribution in [1.29, 1.82) is 0 Å². The highest BCUT2D eigenvalue weighted by atomic mass is 16.5. The van der Waals surface area contributed by atoms with Crippen LogP contribution < -0.4 is 10.5 Å². The summed E-state index contributed by atoms with van der Waals surface area (Å²) in [5.41, 5.74) is 7.78. The molecule has 0 atom stereocenters. The number of hydrogen-bond acceptors (Lipinski definition) is 3. The fraction of sp³-hybridized carbons (Fsp3) is 0. The highest BCUT2D eigenvalue weighted by Crippen LogP contribution is 2.25. The van der Waals surface area contributed by atoms with E-state index in [-0.39, 0.29) is 5.57 Å². The van der Waals surface area contributed by atoms with Crippen LogP contribution in [0.15, 0.2) is 78.9 Å². The molecular formula is C21H17NO3. The number of ether oxygens (including phenoxy) is 1. The molecule has 0 saturated heterocycles. The Balaban J connectivity index is 1.91. The van der Waals surface area contributed by atoms with Crippen LogP contribution in [0.25, 0.3) is 11.6 Å². The Kier molecular flexibility index (Phi) is 4.81. The molecule has 0 aliphatic carbocycles. The van der Waals surface area contributed by atoms with Crippen LogP contribution in [-0.4, -0.2) is 11.1 Å². The minimum absolute atomic E-state index is 0.192. The van der Waals surface area contributed by atoms with Gasteiger partial charge in [-0.1, -0.05) is 42.5 Å². The van der Waals surface area contributed by atoms with E-state index in [1.807, 2.05) is 48.5 Å². The summed E-state index contributed by atoms with van der Waals surface area (Å²) in [6, 6.07) is 23.5. The van der Waals surface area contributed by atoms with Gasteiger partial charge in [0.05, 0.1) is 5.57 Å². The van der Waals surface area contributed by atoms with Gasteiger partial charge in [-0.05, 0) is 53.6 Å². The van der Waals surface area contributed by atoms with Crippen LogP contribution in [0, 0.1) is 0 Å². The quantitative estimate of drug-likeness (QED) is 0.404. The number of rotatable bonds is 5. The minimum Gasteiger partial charge on any atom is -0.478 e. The molecule has 3 aromatic carbocycles. The molecule has 0 heterocycles. The molecule has 25 heavy (non-hydrogen) atoms. The number of nitrogens with two attached hydrogens (primary N) is 1. The Bertz CT molecular complexity index is 900. The standard InChI is InChI=1S/C21H17NO3/c22-17-11-9-16(10-12-17)20(21(23)24)14-15-5-4-8-19(13-15)25-18-6-2-1-3-7-18/h1-14H,22H2,(H,23,24)/b20-14-. The Morgan fingerprint density at radius 2 is 1.56 bits per heavy atom. The van der Waals surface area contributed by atoms with E-state index in [0.29, 0.717) is 17.0 Å². The van der Waals surface area contributed by atoms with Gasteiger partial charge in [0, 0.05) is 5.69 Å². The van der Waals surface area contributed by atoms with Crippen molar-refractivity contribution >= 4 is 23.3 Å². The normalized spacial score (nSPS) is 11.1. The zero-order valence-electron chi connectivity index (χ0n) is 13.4. The highest BCUT2D eigenvalue weighted by Gasteiger charge is 2.10. The first-order chi connectivity index (χ1) is 12.1. The fourth-order valence-corrected chi connectivity index (χ4v) is 2.39. The summed E-state index contributed by atoms with van der Waals surface area (Å²) in [5, 5.41) is 9.53. The second kappa shape index (κ2) is 7.36. The molecule has 0 aliphatic rings.